The summed E-state index contributed by atoms with van der Waals surface area (Å²) in [4.78, 5) is 11.3. The van der Waals surface area contributed by atoms with Gasteiger partial charge >= 0.3 is 0 Å². The number of aromatic nitrogens is 1. The first-order chi connectivity index (χ1) is 8.56. The van der Waals surface area contributed by atoms with Crippen molar-refractivity contribution in [3.8, 4) is 0 Å². The van der Waals surface area contributed by atoms with Crippen LogP contribution >= 0.6 is 0 Å². The zero-order valence-corrected chi connectivity index (χ0v) is 11.6. The molecule has 3 nitrogen and oxygen atoms in total. The summed E-state index contributed by atoms with van der Waals surface area (Å²) in [5.41, 5.74) is 1.11. The molecule has 100 valence electrons. The van der Waals surface area contributed by atoms with Gasteiger partial charge in [0.15, 0.2) is 0 Å². The minimum atomic E-state index is 0.0454. The Morgan fingerprint density at radius 2 is 1.89 bits per heavy atom. The van der Waals surface area contributed by atoms with Crippen molar-refractivity contribution in [3.05, 3.63) is 28.7 Å². The minimum Gasteiger partial charge on any atom is -0.381 e. The Morgan fingerprint density at radius 1 is 1.22 bits per heavy atom. The molecule has 1 heterocycles. The van der Waals surface area contributed by atoms with Crippen molar-refractivity contribution in [3.63, 3.8) is 0 Å². The zero-order valence-electron chi connectivity index (χ0n) is 11.6. The molecule has 0 unspecified atom stereocenters. The van der Waals surface area contributed by atoms with Crippen LogP contribution in [0.1, 0.15) is 39.5 Å². The molecular formula is C15H24N2O. The fourth-order valence-corrected chi connectivity index (χ4v) is 2.85. The summed E-state index contributed by atoms with van der Waals surface area (Å²) in [7, 11) is 1.79. The van der Waals surface area contributed by atoms with Crippen LogP contribution in [-0.2, 0) is 7.05 Å². The molecule has 2 rings (SSSR count). The van der Waals surface area contributed by atoms with E-state index in [2.05, 4.69) is 19.2 Å². The molecule has 0 aromatic carbocycles. The summed E-state index contributed by atoms with van der Waals surface area (Å²) in [5, 5.41) is 3.55. The number of rotatable bonds is 3. The third-order valence-corrected chi connectivity index (χ3v) is 4.17. The first kappa shape index (κ1) is 13.2. The molecule has 0 amide bonds. The van der Waals surface area contributed by atoms with Crippen molar-refractivity contribution in [2.45, 2.75) is 45.6 Å². The Hall–Kier alpha value is -1.25. The highest BCUT2D eigenvalue weighted by atomic mass is 16.1. The molecule has 1 aromatic heterocycles. The summed E-state index contributed by atoms with van der Waals surface area (Å²) in [6.07, 6.45) is 7.01. The maximum atomic E-state index is 11.3. The Balaban J connectivity index is 1.91. The lowest BCUT2D eigenvalue weighted by Gasteiger charge is -2.31. The number of nitrogens with one attached hydrogen (secondary N) is 1. The molecule has 0 aliphatic heterocycles. The number of hydrogen-bond acceptors (Lipinski definition) is 2. The van der Waals surface area contributed by atoms with Crippen LogP contribution in [0.15, 0.2) is 23.1 Å². The van der Waals surface area contributed by atoms with E-state index in [1.165, 1.54) is 25.7 Å². The van der Waals surface area contributed by atoms with E-state index in [-0.39, 0.29) is 5.56 Å². The fourth-order valence-electron chi connectivity index (χ4n) is 2.85. The number of aryl methyl sites for hydroxylation is 1. The van der Waals surface area contributed by atoms with Crippen molar-refractivity contribution >= 4 is 5.69 Å². The van der Waals surface area contributed by atoms with E-state index in [0.717, 1.165) is 17.5 Å². The smallest absolute Gasteiger partial charge is 0.250 e. The van der Waals surface area contributed by atoms with E-state index in [4.69, 9.17) is 0 Å². The van der Waals surface area contributed by atoms with Crippen molar-refractivity contribution in [1.82, 2.24) is 4.57 Å². The second kappa shape index (κ2) is 5.59. The number of nitrogens with zero attached hydrogens (tertiary/aromatic N) is 1. The van der Waals surface area contributed by atoms with E-state index in [1.54, 1.807) is 17.7 Å². The van der Waals surface area contributed by atoms with Crippen LogP contribution in [0.25, 0.3) is 0 Å². The van der Waals surface area contributed by atoms with E-state index >= 15 is 0 Å². The lowest BCUT2D eigenvalue weighted by Crippen LogP contribution is -2.28. The molecule has 0 atom stereocenters. The van der Waals surface area contributed by atoms with E-state index in [0.29, 0.717) is 6.04 Å². The van der Waals surface area contributed by atoms with Crippen LogP contribution in [0.4, 0.5) is 5.69 Å². The van der Waals surface area contributed by atoms with Gasteiger partial charge in [-0.1, -0.05) is 13.8 Å². The van der Waals surface area contributed by atoms with Crippen LogP contribution in [0.3, 0.4) is 0 Å². The topological polar surface area (TPSA) is 34.0 Å². The van der Waals surface area contributed by atoms with E-state index in [1.807, 2.05) is 12.3 Å². The third-order valence-electron chi connectivity index (χ3n) is 4.17. The fraction of sp³-hybridized carbons (Fsp3) is 0.667. The van der Waals surface area contributed by atoms with Crippen molar-refractivity contribution in [2.24, 2.45) is 18.9 Å². The standard InChI is InChI=1S/C15H24N2O/c1-11(2)12-4-6-13(7-5-12)16-14-8-9-15(18)17(3)10-14/h8-13,16H,4-7H2,1-3H3. The van der Waals surface area contributed by atoms with Gasteiger partial charge in [-0.05, 0) is 43.6 Å². The predicted octanol–water partition coefficient (Wildman–Crippen LogP) is 3.01. The largest absolute Gasteiger partial charge is 0.381 e. The first-order valence-electron chi connectivity index (χ1n) is 6.99. The third kappa shape index (κ3) is 3.15. The van der Waals surface area contributed by atoms with Gasteiger partial charge in [-0.15, -0.1) is 0 Å². The average molecular weight is 248 g/mol. The quantitative estimate of drug-likeness (QED) is 0.892. The normalized spacial score (nSPS) is 24.2. The van der Waals surface area contributed by atoms with Crippen molar-refractivity contribution in [1.29, 1.82) is 0 Å². The molecule has 1 aromatic rings. The van der Waals surface area contributed by atoms with E-state index in [9.17, 15) is 4.79 Å². The number of pyridine rings is 1. The monoisotopic (exact) mass is 248 g/mol. The Kier molecular flexibility index (Phi) is 4.10. The van der Waals surface area contributed by atoms with Crippen molar-refractivity contribution in [2.75, 3.05) is 5.32 Å². The highest BCUT2D eigenvalue weighted by molar-refractivity contribution is 5.41. The van der Waals surface area contributed by atoms with Crippen LogP contribution < -0.4 is 10.9 Å². The summed E-state index contributed by atoms with van der Waals surface area (Å²) < 4.78 is 1.63. The molecule has 18 heavy (non-hydrogen) atoms. The SMILES string of the molecule is CC(C)C1CCC(Nc2ccc(=O)n(C)c2)CC1. The first-order valence-corrected chi connectivity index (χ1v) is 6.99. The summed E-state index contributed by atoms with van der Waals surface area (Å²) in [6.45, 7) is 4.65. The lowest BCUT2D eigenvalue weighted by molar-refractivity contribution is 0.267. The van der Waals surface area contributed by atoms with Gasteiger partial charge in [-0.25, -0.2) is 0 Å². The molecule has 1 N–H and O–H groups in total. The predicted molar refractivity (Wildman–Crippen MR) is 75.9 cm³/mol. The van der Waals surface area contributed by atoms with Gasteiger partial charge in [0, 0.05) is 25.4 Å². The van der Waals surface area contributed by atoms with Gasteiger partial charge in [0.2, 0.25) is 5.56 Å². The van der Waals surface area contributed by atoms with Crippen LogP contribution in [0.2, 0.25) is 0 Å². The molecule has 1 aliphatic rings. The Labute approximate surface area is 109 Å². The van der Waals surface area contributed by atoms with Crippen LogP contribution in [-0.4, -0.2) is 10.6 Å². The molecule has 1 saturated carbocycles. The van der Waals surface area contributed by atoms with Gasteiger partial charge in [-0.2, -0.15) is 0 Å². The van der Waals surface area contributed by atoms with Gasteiger partial charge < -0.3 is 9.88 Å². The molecule has 0 bridgehead atoms. The molecule has 1 aliphatic carbocycles. The summed E-state index contributed by atoms with van der Waals surface area (Å²) in [5.74, 6) is 1.70. The molecular weight excluding hydrogens is 224 g/mol. The highest BCUT2D eigenvalue weighted by Crippen LogP contribution is 2.31. The number of hydrogen-bond donors (Lipinski definition) is 1. The zero-order chi connectivity index (χ0) is 13.1. The maximum absolute atomic E-state index is 11.3. The second-order valence-electron chi connectivity index (χ2n) is 5.87. The van der Waals surface area contributed by atoms with Crippen LogP contribution in [0.5, 0.6) is 0 Å². The molecule has 0 saturated heterocycles. The second-order valence-corrected chi connectivity index (χ2v) is 5.87. The van der Waals surface area contributed by atoms with Gasteiger partial charge in [0.1, 0.15) is 0 Å². The average Bonchev–Trinajstić information content (AvgIpc) is 2.34. The van der Waals surface area contributed by atoms with Gasteiger partial charge in [0.05, 0.1) is 5.69 Å². The summed E-state index contributed by atoms with van der Waals surface area (Å²) in [6, 6.07) is 4.08. The van der Waals surface area contributed by atoms with Crippen LogP contribution in [0, 0.1) is 11.8 Å². The lowest BCUT2D eigenvalue weighted by atomic mass is 9.79. The Bertz CT molecular complexity index is 442. The van der Waals surface area contributed by atoms with Crippen molar-refractivity contribution < 1.29 is 0 Å². The minimum absolute atomic E-state index is 0.0454. The maximum Gasteiger partial charge on any atom is 0.250 e. The number of anilines is 1. The summed E-state index contributed by atoms with van der Waals surface area (Å²) >= 11 is 0. The molecule has 0 radical (unpaired) electrons. The van der Waals surface area contributed by atoms with Gasteiger partial charge in [0.25, 0.3) is 0 Å². The van der Waals surface area contributed by atoms with Gasteiger partial charge in [-0.3, -0.25) is 4.79 Å². The molecule has 0 spiro atoms. The molecule has 3 heteroatoms. The van der Waals surface area contributed by atoms with E-state index < -0.39 is 0 Å². The molecule has 1 fully saturated rings. The Morgan fingerprint density at radius 3 is 2.44 bits per heavy atom. The highest BCUT2D eigenvalue weighted by Gasteiger charge is 2.22.